The first-order valence-electron chi connectivity index (χ1n) is 21.0. The summed E-state index contributed by atoms with van der Waals surface area (Å²) in [6.45, 7) is 0. The van der Waals surface area contributed by atoms with Gasteiger partial charge in [-0.25, -0.2) is 8.42 Å². The second-order valence-electron chi connectivity index (χ2n) is 15.9. The largest absolute Gasteiger partial charge is 0.744 e. The predicted molar refractivity (Wildman–Crippen MR) is 271 cm³/mol. The van der Waals surface area contributed by atoms with Crippen LogP contribution in [0.1, 0.15) is 41.7 Å². The Labute approximate surface area is 418 Å². The average Bonchev–Trinajstić information content (AvgIpc) is 3.75. The fourth-order valence-corrected chi connectivity index (χ4v) is 12.9. The van der Waals surface area contributed by atoms with Gasteiger partial charge in [0.05, 0.1) is 21.1 Å². The van der Waals surface area contributed by atoms with Crippen molar-refractivity contribution in [1.29, 1.82) is 0 Å². The van der Waals surface area contributed by atoms with Crippen LogP contribution in [0, 0.1) is 11.8 Å². The van der Waals surface area contributed by atoms with Crippen LogP contribution in [-0.2, 0) is 45.8 Å². The maximum Gasteiger partial charge on any atom is 0.425 e. The van der Waals surface area contributed by atoms with E-state index in [0.29, 0.717) is 16.9 Å². The Bertz CT molecular complexity index is 3480. The summed E-state index contributed by atoms with van der Waals surface area (Å²) in [5.74, 6) is -0.0791. The van der Waals surface area contributed by atoms with Crippen LogP contribution in [0.4, 0.5) is 0 Å². The molecule has 2 aliphatic carbocycles. The molecule has 1 aliphatic heterocycles. The van der Waals surface area contributed by atoms with Crippen molar-refractivity contribution < 1.29 is 61.4 Å². The summed E-state index contributed by atoms with van der Waals surface area (Å²) >= 11 is 4.55. The Morgan fingerprint density at radius 3 is 1.86 bits per heavy atom. The number of fused-ring (bicyclic) bond motifs is 2. The van der Waals surface area contributed by atoms with Crippen molar-refractivity contribution in [3.63, 3.8) is 0 Å². The van der Waals surface area contributed by atoms with Crippen LogP contribution in [0.25, 0.3) is 38.1 Å². The van der Waals surface area contributed by atoms with E-state index >= 15 is 0 Å². The van der Waals surface area contributed by atoms with Crippen LogP contribution in [0.5, 0.6) is 0 Å². The standard InChI is InChI=1S/C49H40O11S6.O3S/c50-48(51)24-25-61-49-44(22-14-39-27-37(29-46(62-39)33-4-2-1-3-5-33)31-8-16-41(17-9-31)64(52,53)54)35-6-7-36(26-35)45(49)23-15-40-28-38(32-10-18-42(19-11-32)65(55,56)57)30-47(63-40)34-12-20-43(21-13-34)66(58,59)60;1-4(2)3/h1-5,8-23,27-30,35-36H,6-7,24-26H2,(H3-,50,51,52,53,54,55,56,57,58,59,60);. The van der Waals surface area contributed by atoms with Gasteiger partial charge in [0.15, 0.2) is 0 Å². The van der Waals surface area contributed by atoms with E-state index in [0.717, 1.165) is 77.1 Å². The quantitative estimate of drug-likeness (QED) is 0.0690. The van der Waals surface area contributed by atoms with Gasteiger partial charge in [0.1, 0.15) is 10.1 Å². The second-order valence-corrected chi connectivity index (χ2v) is 23.8. The first kappa shape index (κ1) is 52.2. The molecule has 21 heteroatoms. The maximum absolute atomic E-state index is 11.8. The molecule has 2 unspecified atom stereocenters. The third-order valence-corrected chi connectivity index (χ3v) is 17.2. The molecule has 8 rings (SSSR count). The molecule has 14 nitrogen and oxygen atoms in total. The molecule has 3 aliphatic rings. The second kappa shape index (κ2) is 22.2. The zero-order valence-corrected chi connectivity index (χ0v) is 42.0. The number of benzene rings is 4. The summed E-state index contributed by atoms with van der Waals surface area (Å²) in [5.41, 5.74) is 6.82. The molecule has 70 heavy (non-hydrogen) atoms. The monoisotopic (exact) mass is 1080 g/mol. The summed E-state index contributed by atoms with van der Waals surface area (Å²) in [7, 11) is -16.6. The molecular formula is C49H40O14S7. The molecule has 3 N–H and O–H groups in total. The number of carboxylic acid groups (broad SMARTS) is 1. The van der Waals surface area contributed by atoms with Crippen LogP contribution < -0.4 is 0 Å². The van der Waals surface area contributed by atoms with Crippen molar-refractivity contribution in [3.8, 4) is 21.6 Å². The van der Waals surface area contributed by atoms with E-state index in [4.69, 9.17) is 12.6 Å². The lowest BCUT2D eigenvalue weighted by atomic mass is 9.84. The highest BCUT2D eigenvalue weighted by molar-refractivity contribution is 8.12. The molecule has 2 bridgehead atoms. The molecule has 0 spiro atoms. The summed E-state index contributed by atoms with van der Waals surface area (Å²) < 4.78 is 127. The fourth-order valence-electron chi connectivity index (χ4n) is 8.11. The molecule has 1 aromatic heterocycles. The Hall–Kier alpha value is -5.59. The van der Waals surface area contributed by atoms with Crippen molar-refractivity contribution in [2.45, 2.75) is 40.4 Å². The molecule has 0 radical (unpaired) electrons. The molecule has 5 aromatic rings. The molecule has 0 saturated heterocycles. The summed E-state index contributed by atoms with van der Waals surface area (Å²) in [4.78, 5) is 15.4. The van der Waals surface area contributed by atoms with Gasteiger partial charge in [0.2, 0.25) is 21.1 Å². The molecule has 1 fully saturated rings. The van der Waals surface area contributed by atoms with E-state index in [1.54, 1.807) is 47.7 Å². The van der Waals surface area contributed by atoms with Crippen molar-refractivity contribution in [2.24, 2.45) is 11.8 Å². The summed E-state index contributed by atoms with van der Waals surface area (Å²) in [6, 6.07) is 31.4. The van der Waals surface area contributed by atoms with E-state index in [2.05, 4.69) is 18.2 Å². The van der Waals surface area contributed by atoms with Gasteiger partial charge in [0.25, 0.3) is 20.2 Å². The number of aliphatic carboxylic acids is 1. The Morgan fingerprint density at radius 2 is 1.27 bits per heavy atom. The molecule has 2 atom stereocenters. The number of carbonyl (C=O) groups is 1. The van der Waals surface area contributed by atoms with Gasteiger partial charge in [-0.3, -0.25) is 13.9 Å². The topological polar surface area (TPSA) is 254 Å². The SMILES string of the molecule is O=C(O)CCSC1=C(/C=C/c2cc(-c3ccc(S(=O)(=O)[O-])cc3)cc(-c3ccccc3)[s+]2)C2CCC(C2)/C1=C\C=C1/C=C(c2ccc(S(=O)(=O)O)cc2)C=C(c2ccc(S(=O)(=O)O)cc2)S1.O=S(=O)=O. The van der Waals surface area contributed by atoms with Crippen LogP contribution in [-0.4, -0.2) is 68.4 Å². The van der Waals surface area contributed by atoms with Crippen molar-refractivity contribution in [1.82, 2.24) is 0 Å². The third-order valence-electron chi connectivity index (χ3n) is 11.3. The molecular weight excluding hydrogens is 1040 g/mol. The van der Waals surface area contributed by atoms with E-state index < -0.39 is 46.9 Å². The molecule has 0 amide bonds. The molecule has 4 aromatic carbocycles. The normalized spacial score (nSPS) is 18.3. The minimum Gasteiger partial charge on any atom is -0.744 e. The van der Waals surface area contributed by atoms with Gasteiger partial charge in [-0.15, -0.1) is 24.4 Å². The fraction of sp³-hybridized carbons (Fsp3) is 0.143. The van der Waals surface area contributed by atoms with E-state index in [1.165, 1.54) is 59.9 Å². The lowest BCUT2D eigenvalue weighted by Crippen LogP contribution is -2.13. The number of allylic oxidation sites excluding steroid dienone is 8. The van der Waals surface area contributed by atoms with Crippen LogP contribution in [0.2, 0.25) is 0 Å². The van der Waals surface area contributed by atoms with E-state index in [1.807, 2.05) is 60.7 Å². The molecule has 362 valence electrons. The maximum atomic E-state index is 11.8. The third kappa shape index (κ3) is 13.6. The zero-order valence-electron chi connectivity index (χ0n) is 36.3. The number of hydrogen-bond donors (Lipinski definition) is 3. The number of carboxylic acids is 1. The van der Waals surface area contributed by atoms with E-state index in [9.17, 15) is 48.8 Å². The van der Waals surface area contributed by atoms with Crippen LogP contribution in [0.3, 0.4) is 0 Å². The van der Waals surface area contributed by atoms with Gasteiger partial charge in [-0.1, -0.05) is 78.5 Å². The Balaban J connectivity index is 0.00000174. The summed E-state index contributed by atoms with van der Waals surface area (Å²) in [6.07, 6.45) is 14.9. The zero-order chi connectivity index (χ0) is 50.4. The number of thioether (sulfide) groups is 2. The highest BCUT2D eigenvalue weighted by atomic mass is 32.2. The highest BCUT2D eigenvalue weighted by Crippen LogP contribution is 2.53. The first-order chi connectivity index (χ1) is 33.1. The van der Waals surface area contributed by atoms with Crippen molar-refractivity contribution in [2.75, 3.05) is 5.75 Å². The first-order valence-corrected chi connectivity index (χ1v) is 28.9. The number of rotatable bonds is 14. The lowest BCUT2D eigenvalue weighted by molar-refractivity contribution is -0.136. The Morgan fingerprint density at radius 1 is 0.700 bits per heavy atom. The Kier molecular flexibility index (Phi) is 16.6. The van der Waals surface area contributed by atoms with Gasteiger partial charge < -0.3 is 9.66 Å². The molecule has 1 saturated carbocycles. The van der Waals surface area contributed by atoms with Gasteiger partial charge in [0, 0.05) is 44.2 Å². The van der Waals surface area contributed by atoms with Gasteiger partial charge >= 0.3 is 16.6 Å². The van der Waals surface area contributed by atoms with Gasteiger partial charge in [-0.05, 0) is 137 Å². The smallest absolute Gasteiger partial charge is 0.425 e. The van der Waals surface area contributed by atoms with Gasteiger partial charge in [-0.2, -0.15) is 16.8 Å². The van der Waals surface area contributed by atoms with Crippen LogP contribution >= 0.6 is 34.9 Å². The molecule has 2 heterocycles. The van der Waals surface area contributed by atoms with Crippen LogP contribution in [0.15, 0.2) is 181 Å². The minimum atomic E-state index is -4.62. The highest BCUT2D eigenvalue weighted by Gasteiger charge is 2.37. The van der Waals surface area contributed by atoms with Crippen molar-refractivity contribution in [3.05, 3.63) is 183 Å². The minimum absolute atomic E-state index is 0.0330. The predicted octanol–water partition coefficient (Wildman–Crippen LogP) is 10.3. The van der Waals surface area contributed by atoms with Crippen molar-refractivity contribution >= 4 is 98.3 Å². The summed E-state index contributed by atoms with van der Waals surface area (Å²) in [5, 5.41) is 9.65. The number of hydrogen-bond acceptors (Lipinski definition) is 13. The van der Waals surface area contributed by atoms with E-state index in [-0.39, 0.29) is 32.9 Å². The lowest BCUT2D eigenvalue weighted by Gasteiger charge is -2.27. The average molecular weight is 1080 g/mol.